The number of aromatic nitrogens is 4. The van der Waals surface area contributed by atoms with Gasteiger partial charge in [0.2, 0.25) is 0 Å². The highest BCUT2D eigenvalue weighted by Crippen LogP contribution is 2.20. The molecular formula is C11H6ClFN4O. The summed E-state index contributed by atoms with van der Waals surface area (Å²) in [6.45, 7) is 0. The molecule has 2 heterocycles. The highest BCUT2D eigenvalue weighted by Gasteiger charge is 2.13. The Morgan fingerprint density at radius 3 is 2.94 bits per heavy atom. The van der Waals surface area contributed by atoms with Crippen LogP contribution in [0.5, 0.6) is 0 Å². The van der Waals surface area contributed by atoms with Gasteiger partial charge in [-0.05, 0) is 18.2 Å². The van der Waals surface area contributed by atoms with Crippen LogP contribution in [0, 0.1) is 5.82 Å². The van der Waals surface area contributed by atoms with Crippen LogP contribution in [0.3, 0.4) is 0 Å². The zero-order valence-electron chi connectivity index (χ0n) is 8.89. The first kappa shape index (κ1) is 10.9. The molecule has 7 heteroatoms. The number of fused-ring (bicyclic) bond motifs is 1. The molecule has 0 atom stereocenters. The van der Waals surface area contributed by atoms with Crippen molar-refractivity contribution < 1.29 is 4.39 Å². The molecule has 5 nitrogen and oxygen atoms in total. The minimum absolute atomic E-state index is 0.127. The van der Waals surface area contributed by atoms with Gasteiger partial charge in [0.15, 0.2) is 10.8 Å². The van der Waals surface area contributed by atoms with Crippen molar-refractivity contribution >= 4 is 22.8 Å². The lowest BCUT2D eigenvalue weighted by molar-refractivity contribution is 0.626. The fourth-order valence-electron chi connectivity index (χ4n) is 1.77. The lowest BCUT2D eigenvalue weighted by atomic mass is 10.3. The zero-order valence-corrected chi connectivity index (χ0v) is 9.65. The van der Waals surface area contributed by atoms with Crippen molar-refractivity contribution in [3.8, 4) is 5.69 Å². The maximum Gasteiger partial charge on any atom is 0.332 e. The Labute approximate surface area is 105 Å². The summed E-state index contributed by atoms with van der Waals surface area (Å²) >= 11 is 5.94. The summed E-state index contributed by atoms with van der Waals surface area (Å²) < 4.78 is 14.4. The lowest BCUT2D eigenvalue weighted by Gasteiger charge is -2.03. The number of hydrogen-bond donors (Lipinski definition) is 1. The molecule has 2 aromatic heterocycles. The number of benzene rings is 1. The Kier molecular flexibility index (Phi) is 2.38. The maximum absolute atomic E-state index is 13.2. The topological polar surface area (TPSA) is 63.6 Å². The average Bonchev–Trinajstić information content (AvgIpc) is 2.67. The largest absolute Gasteiger partial charge is 0.332 e. The van der Waals surface area contributed by atoms with Crippen LogP contribution in [0.2, 0.25) is 5.15 Å². The summed E-state index contributed by atoms with van der Waals surface area (Å²) in [5.74, 6) is -0.443. The van der Waals surface area contributed by atoms with Crippen LogP contribution in [0.15, 0.2) is 35.4 Å². The summed E-state index contributed by atoms with van der Waals surface area (Å²) in [6.07, 6.45) is 1.25. The van der Waals surface area contributed by atoms with E-state index < -0.39 is 11.5 Å². The zero-order chi connectivity index (χ0) is 12.7. The summed E-state index contributed by atoms with van der Waals surface area (Å²) in [7, 11) is 0. The van der Waals surface area contributed by atoms with Gasteiger partial charge in [0.1, 0.15) is 17.7 Å². The molecule has 0 saturated carbocycles. The van der Waals surface area contributed by atoms with Crippen LogP contribution in [-0.2, 0) is 0 Å². The van der Waals surface area contributed by atoms with Gasteiger partial charge in [-0.1, -0.05) is 17.7 Å². The van der Waals surface area contributed by atoms with Crippen LogP contribution < -0.4 is 5.69 Å². The second kappa shape index (κ2) is 3.92. The molecule has 0 aliphatic carbocycles. The molecule has 0 spiro atoms. The van der Waals surface area contributed by atoms with E-state index in [1.165, 1.54) is 29.1 Å². The van der Waals surface area contributed by atoms with E-state index in [1.54, 1.807) is 6.07 Å². The van der Waals surface area contributed by atoms with Gasteiger partial charge in [0.05, 0.1) is 5.69 Å². The fourth-order valence-corrected chi connectivity index (χ4v) is 1.98. The van der Waals surface area contributed by atoms with Gasteiger partial charge in [0, 0.05) is 0 Å². The monoisotopic (exact) mass is 264 g/mol. The number of hydrogen-bond acceptors (Lipinski definition) is 3. The van der Waals surface area contributed by atoms with Crippen molar-refractivity contribution in [3.63, 3.8) is 0 Å². The molecule has 3 rings (SSSR count). The van der Waals surface area contributed by atoms with E-state index in [9.17, 15) is 9.18 Å². The smallest absolute Gasteiger partial charge is 0.290 e. The first-order valence-corrected chi connectivity index (χ1v) is 5.42. The average molecular weight is 265 g/mol. The molecule has 0 aliphatic rings. The SMILES string of the molecule is O=c1[nH]c2ncnc(Cl)c2n1-c1cccc(F)c1. The molecule has 18 heavy (non-hydrogen) atoms. The standard InChI is InChI=1S/C11H6ClFN4O/c12-9-8-10(15-5-14-9)16-11(18)17(8)7-3-1-2-6(13)4-7/h1-5H,(H,14,15,16,18). The molecular weight excluding hydrogens is 259 g/mol. The number of aromatic amines is 1. The van der Waals surface area contributed by atoms with Crippen LogP contribution in [0.4, 0.5) is 4.39 Å². The van der Waals surface area contributed by atoms with Crippen LogP contribution >= 0.6 is 11.6 Å². The molecule has 0 unspecified atom stereocenters. The number of rotatable bonds is 1. The molecule has 0 aliphatic heterocycles. The Balaban J connectivity index is 2.42. The van der Waals surface area contributed by atoms with E-state index in [2.05, 4.69) is 15.0 Å². The van der Waals surface area contributed by atoms with Crippen LogP contribution in [-0.4, -0.2) is 19.5 Å². The molecule has 3 aromatic rings. The number of nitrogens with zero attached hydrogens (tertiary/aromatic N) is 3. The van der Waals surface area contributed by atoms with Crippen molar-refractivity contribution in [1.82, 2.24) is 19.5 Å². The van der Waals surface area contributed by atoms with Crippen molar-refractivity contribution in [3.05, 3.63) is 52.0 Å². The fraction of sp³-hybridized carbons (Fsp3) is 0. The van der Waals surface area contributed by atoms with Gasteiger partial charge < -0.3 is 0 Å². The summed E-state index contributed by atoms with van der Waals surface area (Å²) in [5.41, 5.74) is 0.556. The Morgan fingerprint density at radius 2 is 2.17 bits per heavy atom. The first-order chi connectivity index (χ1) is 8.66. The predicted molar refractivity (Wildman–Crippen MR) is 64.5 cm³/mol. The Hall–Kier alpha value is -2.21. The Bertz CT molecular complexity index is 795. The molecule has 0 fully saturated rings. The number of imidazole rings is 1. The quantitative estimate of drug-likeness (QED) is 0.683. The van der Waals surface area contributed by atoms with E-state index in [0.717, 1.165) is 0 Å². The molecule has 1 N–H and O–H groups in total. The van der Waals surface area contributed by atoms with Gasteiger partial charge in [-0.2, -0.15) is 0 Å². The summed E-state index contributed by atoms with van der Waals surface area (Å²) in [6, 6.07) is 5.63. The minimum atomic E-state index is -0.446. The third-order valence-electron chi connectivity index (χ3n) is 2.50. The number of nitrogens with one attached hydrogen (secondary N) is 1. The van der Waals surface area contributed by atoms with Crippen molar-refractivity contribution in [2.24, 2.45) is 0 Å². The molecule has 0 amide bonds. The van der Waals surface area contributed by atoms with Crippen molar-refractivity contribution in [2.45, 2.75) is 0 Å². The van der Waals surface area contributed by atoms with Crippen molar-refractivity contribution in [1.29, 1.82) is 0 Å². The summed E-state index contributed by atoms with van der Waals surface area (Å²) in [4.78, 5) is 22.1. The third kappa shape index (κ3) is 1.58. The lowest BCUT2D eigenvalue weighted by Crippen LogP contribution is -2.14. The molecule has 0 bridgehead atoms. The number of H-pyrrole nitrogens is 1. The first-order valence-electron chi connectivity index (χ1n) is 5.04. The molecule has 90 valence electrons. The van der Waals surface area contributed by atoms with Gasteiger partial charge >= 0.3 is 5.69 Å². The van der Waals surface area contributed by atoms with Crippen LogP contribution in [0.25, 0.3) is 16.9 Å². The maximum atomic E-state index is 13.2. The number of halogens is 2. The third-order valence-corrected chi connectivity index (χ3v) is 2.77. The Morgan fingerprint density at radius 1 is 1.33 bits per heavy atom. The minimum Gasteiger partial charge on any atom is -0.290 e. The van der Waals surface area contributed by atoms with E-state index in [4.69, 9.17) is 11.6 Å². The van der Waals surface area contributed by atoms with Crippen LogP contribution in [0.1, 0.15) is 0 Å². The predicted octanol–water partition coefficient (Wildman–Crippen LogP) is 1.90. The van der Waals surface area contributed by atoms with E-state index in [0.29, 0.717) is 16.9 Å². The van der Waals surface area contributed by atoms with Crippen molar-refractivity contribution in [2.75, 3.05) is 0 Å². The molecule has 0 saturated heterocycles. The highest BCUT2D eigenvalue weighted by atomic mass is 35.5. The second-order valence-electron chi connectivity index (χ2n) is 3.61. The van der Waals surface area contributed by atoms with Gasteiger partial charge in [-0.3, -0.25) is 9.55 Å². The summed E-state index contributed by atoms with van der Waals surface area (Å²) in [5, 5.41) is 0.127. The van der Waals surface area contributed by atoms with E-state index >= 15 is 0 Å². The van der Waals surface area contributed by atoms with E-state index in [1.807, 2.05) is 0 Å². The van der Waals surface area contributed by atoms with Gasteiger partial charge in [-0.25, -0.2) is 19.2 Å². The second-order valence-corrected chi connectivity index (χ2v) is 3.97. The van der Waals surface area contributed by atoms with E-state index in [-0.39, 0.29) is 5.15 Å². The molecule has 0 radical (unpaired) electrons. The highest BCUT2D eigenvalue weighted by molar-refractivity contribution is 6.33. The molecule has 1 aromatic carbocycles. The van der Waals surface area contributed by atoms with Gasteiger partial charge in [0.25, 0.3) is 0 Å². The normalized spacial score (nSPS) is 11.0. The van der Waals surface area contributed by atoms with Gasteiger partial charge in [-0.15, -0.1) is 0 Å².